The van der Waals surface area contributed by atoms with Gasteiger partial charge < -0.3 is 5.32 Å². The van der Waals surface area contributed by atoms with Crippen LogP contribution in [0.1, 0.15) is 37.8 Å². The summed E-state index contributed by atoms with van der Waals surface area (Å²) >= 11 is 0. The predicted molar refractivity (Wildman–Crippen MR) is 74.3 cm³/mol. The lowest BCUT2D eigenvalue weighted by Crippen LogP contribution is -2.45. The Bertz CT molecular complexity index is 630. The molecular weight excluding hydrogens is 280 g/mol. The predicted octanol–water partition coefficient (Wildman–Crippen LogP) is 1.27. The molecule has 20 heavy (non-hydrogen) atoms. The Morgan fingerprint density at radius 3 is 2.75 bits per heavy atom. The number of nitrogens with one attached hydrogen (secondary N) is 1. The van der Waals surface area contributed by atoms with Crippen molar-refractivity contribution in [1.29, 1.82) is 0 Å². The summed E-state index contributed by atoms with van der Waals surface area (Å²) in [7, 11) is -1.93. The molecule has 1 N–H and O–H groups in total. The minimum absolute atomic E-state index is 0.165. The molecule has 1 aromatic heterocycles. The molecule has 1 aliphatic heterocycles. The van der Waals surface area contributed by atoms with Gasteiger partial charge in [0.15, 0.2) is 0 Å². The maximum absolute atomic E-state index is 11.9. The number of urea groups is 1. The minimum atomic E-state index is -3.49. The van der Waals surface area contributed by atoms with E-state index in [9.17, 15) is 13.2 Å². The van der Waals surface area contributed by atoms with Gasteiger partial charge in [0.25, 0.3) is 0 Å². The van der Waals surface area contributed by atoms with Gasteiger partial charge in [0.1, 0.15) is 5.82 Å². The maximum Gasteiger partial charge on any atom is 0.323 e. The fourth-order valence-corrected chi connectivity index (χ4v) is 2.61. The number of carbonyl (C=O) groups is 1. The molecule has 0 saturated heterocycles. The number of sulfone groups is 1. The molecule has 2 rings (SSSR count). The highest BCUT2D eigenvalue weighted by Crippen LogP contribution is 2.31. The first-order chi connectivity index (χ1) is 9.34. The monoisotopic (exact) mass is 298 g/mol. The van der Waals surface area contributed by atoms with Gasteiger partial charge in [0, 0.05) is 25.1 Å². The fourth-order valence-electron chi connectivity index (χ4n) is 2.12. The largest absolute Gasteiger partial charge is 0.331 e. The molecule has 1 aromatic rings. The van der Waals surface area contributed by atoms with Crippen molar-refractivity contribution >= 4 is 21.7 Å². The smallest absolute Gasteiger partial charge is 0.323 e. The van der Waals surface area contributed by atoms with Crippen LogP contribution in [0.15, 0.2) is 11.4 Å². The maximum atomic E-state index is 11.9. The molecule has 1 aliphatic rings. The highest BCUT2D eigenvalue weighted by molar-refractivity contribution is 7.90. The topological polar surface area (TPSA) is 92.3 Å². The van der Waals surface area contributed by atoms with Crippen molar-refractivity contribution in [2.24, 2.45) is 0 Å². The summed E-state index contributed by atoms with van der Waals surface area (Å²) in [4.78, 5) is 21.2. The first kappa shape index (κ1) is 14.7. The van der Waals surface area contributed by atoms with Crippen molar-refractivity contribution in [2.45, 2.75) is 37.4 Å². The van der Waals surface area contributed by atoms with Crippen LogP contribution in [0.4, 0.5) is 10.6 Å². The number of hydrogen-bond acceptors (Lipinski definition) is 5. The second-order valence-corrected chi connectivity index (χ2v) is 6.82. The minimum Gasteiger partial charge on any atom is -0.331 e. The van der Waals surface area contributed by atoms with Crippen molar-refractivity contribution in [3.05, 3.63) is 11.8 Å². The van der Waals surface area contributed by atoms with Crippen molar-refractivity contribution in [2.75, 3.05) is 18.2 Å². The first-order valence-corrected chi connectivity index (χ1v) is 8.35. The molecule has 0 spiro atoms. The average Bonchev–Trinajstić information content (AvgIpc) is 2.39. The summed E-state index contributed by atoms with van der Waals surface area (Å²) in [5, 5.41) is 2.62. The van der Waals surface area contributed by atoms with E-state index in [1.54, 1.807) is 7.05 Å². The number of aromatic nitrogens is 2. The average molecular weight is 298 g/mol. The molecule has 0 aliphatic carbocycles. The second-order valence-electron chi connectivity index (χ2n) is 4.91. The Morgan fingerprint density at radius 2 is 2.15 bits per heavy atom. The van der Waals surface area contributed by atoms with Gasteiger partial charge in [0.2, 0.25) is 15.0 Å². The van der Waals surface area contributed by atoms with E-state index in [1.165, 1.54) is 11.1 Å². The van der Waals surface area contributed by atoms with E-state index in [4.69, 9.17) is 0 Å². The fraction of sp³-hybridized carbons (Fsp3) is 0.583. The van der Waals surface area contributed by atoms with Crippen LogP contribution in [0.5, 0.6) is 0 Å². The van der Waals surface area contributed by atoms with Gasteiger partial charge in [-0.2, -0.15) is 0 Å². The molecule has 8 heteroatoms. The van der Waals surface area contributed by atoms with E-state index in [-0.39, 0.29) is 17.2 Å². The van der Waals surface area contributed by atoms with Gasteiger partial charge in [-0.15, -0.1) is 0 Å². The molecule has 0 bridgehead atoms. The lowest BCUT2D eigenvalue weighted by Gasteiger charge is -2.31. The SMILES string of the molecule is CCCCC1NC(=O)N(C)c2nc(S(C)(=O)=O)ncc21. The van der Waals surface area contributed by atoms with E-state index in [1.807, 2.05) is 0 Å². The standard InChI is InChI=1S/C12H18N4O3S/c1-4-5-6-9-8-7-13-11(20(3,18)19)15-10(8)16(2)12(17)14-9/h7,9H,4-6H2,1-3H3,(H,14,17). The van der Waals surface area contributed by atoms with Crippen molar-refractivity contribution in [3.8, 4) is 0 Å². The van der Waals surface area contributed by atoms with Crippen molar-refractivity contribution in [1.82, 2.24) is 15.3 Å². The quantitative estimate of drug-likeness (QED) is 0.845. The van der Waals surface area contributed by atoms with Crippen LogP contribution in [-0.2, 0) is 9.84 Å². The molecule has 0 saturated carbocycles. The summed E-state index contributed by atoms with van der Waals surface area (Å²) in [5.41, 5.74) is 0.757. The van der Waals surface area contributed by atoms with Crippen molar-refractivity contribution in [3.63, 3.8) is 0 Å². The van der Waals surface area contributed by atoms with Crippen molar-refractivity contribution < 1.29 is 13.2 Å². The van der Waals surface area contributed by atoms with Crippen LogP contribution in [0.2, 0.25) is 0 Å². The zero-order chi connectivity index (χ0) is 14.9. The summed E-state index contributed by atoms with van der Waals surface area (Å²) in [6.45, 7) is 2.07. The zero-order valence-corrected chi connectivity index (χ0v) is 12.6. The number of carbonyl (C=O) groups excluding carboxylic acids is 1. The van der Waals surface area contributed by atoms with E-state index >= 15 is 0 Å². The van der Waals surface area contributed by atoms with Gasteiger partial charge in [-0.05, 0) is 6.42 Å². The van der Waals surface area contributed by atoms with Crippen LogP contribution in [0, 0.1) is 0 Å². The molecule has 0 fully saturated rings. The first-order valence-electron chi connectivity index (χ1n) is 6.45. The number of hydrogen-bond donors (Lipinski definition) is 1. The summed E-state index contributed by atoms with van der Waals surface area (Å²) < 4.78 is 23.0. The van der Waals surface area contributed by atoms with E-state index < -0.39 is 9.84 Å². The third-order valence-corrected chi connectivity index (χ3v) is 4.11. The lowest BCUT2D eigenvalue weighted by molar-refractivity contribution is 0.240. The van der Waals surface area contributed by atoms with Gasteiger partial charge in [0.05, 0.1) is 6.04 Å². The molecule has 2 heterocycles. The van der Waals surface area contributed by atoms with Crippen LogP contribution < -0.4 is 10.2 Å². The Labute approximate surface area is 118 Å². The number of fused-ring (bicyclic) bond motifs is 1. The summed E-state index contributed by atoms with van der Waals surface area (Å²) in [5.74, 6) is 0.366. The van der Waals surface area contributed by atoms with E-state index in [0.29, 0.717) is 5.82 Å². The van der Waals surface area contributed by atoms with Crippen LogP contribution in [0.25, 0.3) is 0 Å². The lowest BCUT2D eigenvalue weighted by atomic mass is 10.0. The molecule has 110 valence electrons. The van der Waals surface area contributed by atoms with Gasteiger partial charge in [-0.25, -0.2) is 23.2 Å². The Balaban J connectivity index is 2.47. The Morgan fingerprint density at radius 1 is 1.45 bits per heavy atom. The van der Waals surface area contributed by atoms with E-state index in [0.717, 1.165) is 31.1 Å². The molecule has 0 aromatic carbocycles. The highest BCUT2D eigenvalue weighted by Gasteiger charge is 2.31. The number of amides is 2. The third-order valence-electron chi connectivity index (χ3n) is 3.25. The molecule has 1 atom stereocenters. The Hall–Kier alpha value is -1.70. The van der Waals surface area contributed by atoms with Crippen LogP contribution in [-0.4, -0.2) is 37.7 Å². The number of anilines is 1. The van der Waals surface area contributed by atoms with Gasteiger partial charge in [-0.3, -0.25) is 4.90 Å². The number of nitrogens with zero attached hydrogens (tertiary/aromatic N) is 3. The van der Waals surface area contributed by atoms with Crippen LogP contribution in [0.3, 0.4) is 0 Å². The normalized spacial score (nSPS) is 18.6. The second kappa shape index (κ2) is 5.35. The zero-order valence-electron chi connectivity index (χ0n) is 11.8. The van der Waals surface area contributed by atoms with Gasteiger partial charge >= 0.3 is 6.03 Å². The number of unbranched alkanes of at least 4 members (excludes halogenated alkanes) is 1. The highest BCUT2D eigenvalue weighted by atomic mass is 32.2. The Kier molecular flexibility index (Phi) is 3.94. The van der Waals surface area contributed by atoms with Crippen LogP contribution >= 0.6 is 0 Å². The molecule has 0 radical (unpaired) electrons. The number of rotatable bonds is 4. The third kappa shape index (κ3) is 2.74. The molecule has 1 unspecified atom stereocenters. The molecule has 7 nitrogen and oxygen atoms in total. The van der Waals surface area contributed by atoms with E-state index in [2.05, 4.69) is 22.2 Å². The summed E-state index contributed by atoms with van der Waals surface area (Å²) in [6.07, 6.45) is 5.30. The summed E-state index contributed by atoms with van der Waals surface area (Å²) in [6, 6.07) is -0.445. The molecular formula is C12H18N4O3S. The van der Waals surface area contributed by atoms with Gasteiger partial charge in [-0.1, -0.05) is 19.8 Å². The molecule has 2 amide bonds.